The van der Waals surface area contributed by atoms with Crippen LogP contribution < -0.4 is 0 Å². The van der Waals surface area contributed by atoms with E-state index in [-0.39, 0.29) is 13.2 Å². The molecule has 1 rings (SSSR count). The highest BCUT2D eigenvalue weighted by Gasteiger charge is 2.04. The zero-order chi connectivity index (χ0) is 12.5. The molecule has 17 heavy (non-hydrogen) atoms. The van der Waals surface area contributed by atoms with Gasteiger partial charge in [-0.1, -0.05) is 29.8 Å². The molecule has 2 N–H and O–H groups in total. The number of hydrogen-bond acceptors (Lipinski definition) is 3. The molecule has 0 bridgehead atoms. The molecule has 0 atom stereocenters. The van der Waals surface area contributed by atoms with Crippen LogP contribution in [-0.2, 0) is 6.42 Å². The van der Waals surface area contributed by atoms with Crippen molar-refractivity contribution in [3.8, 4) is 0 Å². The van der Waals surface area contributed by atoms with Gasteiger partial charge in [-0.15, -0.1) is 0 Å². The molecule has 96 valence electrons. The lowest BCUT2D eigenvalue weighted by molar-refractivity contribution is 0.181. The van der Waals surface area contributed by atoms with Crippen LogP contribution >= 0.6 is 0 Å². The molecular weight excluding hydrogens is 214 g/mol. The van der Waals surface area contributed by atoms with Gasteiger partial charge in [0.2, 0.25) is 0 Å². The van der Waals surface area contributed by atoms with Crippen molar-refractivity contribution < 1.29 is 10.2 Å². The van der Waals surface area contributed by atoms with Crippen LogP contribution in [0.1, 0.15) is 17.5 Å². The average Bonchev–Trinajstić information content (AvgIpc) is 2.35. The lowest BCUT2D eigenvalue weighted by Gasteiger charge is -2.20. The molecule has 0 fully saturated rings. The lowest BCUT2D eigenvalue weighted by atomic mass is 10.1. The summed E-state index contributed by atoms with van der Waals surface area (Å²) in [7, 11) is 0. The second-order valence-corrected chi connectivity index (χ2v) is 4.38. The van der Waals surface area contributed by atoms with Crippen molar-refractivity contribution in [1.29, 1.82) is 0 Å². The summed E-state index contributed by atoms with van der Waals surface area (Å²) in [6.07, 6.45) is 1.76. The van der Waals surface area contributed by atoms with Crippen LogP contribution in [0.25, 0.3) is 0 Å². The van der Waals surface area contributed by atoms with Gasteiger partial charge >= 0.3 is 0 Å². The van der Waals surface area contributed by atoms with E-state index in [1.165, 1.54) is 11.1 Å². The van der Waals surface area contributed by atoms with E-state index in [9.17, 15) is 0 Å². The molecule has 0 aliphatic carbocycles. The first-order valence-corrected chi connectivity index (χ1v) is 6.26. The number of nitrogens with zero attached hydrogens (tertiary/aromatic N) is 1. The molecule has 1 aromatic rings. The smallest absolute Gasteiger partial charge is 0.0558 e. The molecule has 3 nitrogen and oxygen atoms in total. The normalized spacial score (nSPS) is 11.1. The van der Waals surface area contributed by atoms with Gasteiger partial charge in [0.05, 0.1) is 6.61 Å². The fraction of sp³-hybridized carbons (Fsp3) is 0.571. The standard InChI is InChI=1S/C14H23NO2/c1-13-3-5-14(6-4-13)7-9-15(10-12-17)8-2-11-16/h3-6,16-17H,2,7-12H2,1H3. The van der Waals surface area contributed by atoms with E-state index in [0.29, 0.717) is 6.54 Å². The first-order valence-electron chi connectivity index (χ1n) is 6.26. The van der Waals surface area contributed by atoms with Gasteiger partial charge in [-0.3, -0.25) is 0 Å². The van der Waals surface area contributed by atoms with Gasteiger partial charge in [0.1, 0.15) is 0 Å². The third-order valence-electron chi connectivity index (χ3n) is 2.89. The quantitative estimate of drug-likeness (QED) is 0.714. The van der Waals surface area contributed by atoms with E-state index in [1.807, 2.05) is 0 Å². The zero-order valence-electron chi connectivity index (χ0n) is 10.6. The first kappa shape index (κ1) is 14.2. The minimum absolute atomic E-state index is 0.180. The summed E-state index contributed by atoms with van der Waals surface area (Å²) in [6, 6.07) is 8.55. The fourth-order valence-electron chi connectivity index (χ4n) is 1.81. The highest BCUT2D eigenvalue weighted by molar-refractivity contribution is 5.21. The summed E-state index contributed by atoms with van der Waals surface area (Å²) in [5.41, 5.74) is 2.60. The van der Waals surface area contributed by atoms with Crippen LogP contribution in [0.15, 0.2) is 24.3 Å². The van der Waals surface area contributed by atoms with Gasteiger partial charge in [0.15, 0.2) is 0 Å². The Bertz CT molecular complexity index is 298. The molecule has 0 heterocycles. The molecule has 0 saturated heterocycles. The number of rotatable bonds is 8. The molecule has 0 aliphatic heterocycles. The number of hydrogen-bond donors (Lipinski definition) is 2. The van der Waals surface area contributed by atoms with Crippen LogP contribution in [0.5, 0.6) is 0 Å². The Labute approximate surface area is 104 Å². The number of benzene rings is 1. The third kappa shape index (κ3) is 5.82. The Morgan fingerprint density at radius 2 is 1.65 bits per heavy atom. The van der Waals surface area contributed by atoms with E-state index < -0.39 is 0 Å². The maximum Gasteiger partial charge on any atom is 0.0558 e. The van der Waals surface area contributed by atoms with Crippen LogP contribution in [-0.4, -0.2) is 48.0 Å². The Morgan fingerprint density at radius 1 is 0.941 bits per heavy atom. The molecule has 0 aromatic heterocycles. The molecular formula is C14H23NO2. The second-order valence-electron chi connectivity index (χ2n) is 4.38. The molecule has 0 amide bonds. The van der Waals surface area contributed by atoms with Crippen molar-refractivity contribution in [1.82, 2.24) is 4.90 Å². The highest BCUT2D eigenvalue weighted by atomic mass is 16.3. The van der Waals surface area contributed by atoms with E-state index in [1.54, 1.807) is 0 Å². The van der Waals surface area contributed by atoms with Gasteiger partial charge in [-0.2, -0.15) is 0 Å². The lowest BCUT2D eigenvalue weighted by Crippen LogP contribution is -2.30. The number of aliphatic hydroxyl groups is 2. The number of aryl methyl sites for hydroxylation is 1. The Morgan fingerprint density at radius 3 is 2.24 bits per heavy atom. The molecule has 0 radical (unpaired) electrons. The largest absolute Gasteiger partial charge is 0.396 e. The van der Waals surface area contributed by atoms with Gasteiger partial charge in [0.25, 0.3) is 0 Å². The van der Waals surface area contributed by atoms with Gasteiger partial charge < -0.3 is 15.1 Å². The van der Waals surface area contributed by atoms with Gasteiger partial charge in [-0.05, 0) is 25.3 Å². The van der Waals surface area contributed by atoms with Crippen molar-refractivity contribution in [3.05, 3.63) is 35.4 Å². The molecule has 3 heteroatoms. The summed E-state index contributed by atoms with van der Waals surface area (Å²) in [5, 5.41) is 17.8. The Kier molecular flexibility index (Phi) is 6.86. The SMILES string of the molecule is Cc1ccc(CCN(CCO)CCCO)cc1. The average molecular weight is 237 g/mol. The molecule has 0 saturated carbocycles. The highest BCUT2D eigenvalue weighted by Crippen LogP contribution is 2.05. The molecule has 0 aliphatic rings. The maximum absolute atomic E-state index is 8.97. The summed E-state index contributed by atoms with van der Waals surface area (Å²) in [4.78, 5) is 2.19. The first-order chi connectivity index (χ1) is 8.26. The summed E-state index contributed by atoms with van der Waals surface area (Å²) < 4.78 is 0. The van der Waals surface area contributed by atoms with Crippen LogP contribution in [0, 0.1) is 6.92 Å². The molecule has 0 spiro atoms. The maximum atomic E-state index is 8.97. The van der Waals surface area contributed by atoms with Crippen molar-refractivity contribution in [3.63, 3.8) is 0 Å². The van der Waals surface area contributed by atoms with Crippen molar-refractivity contribution in [2.24, 2.45) is 0 Å². The second kappa shape index (κ2) is 8.23. The van der Waals surface area contributed by atoms with Crippen LogP contribution in [0.4, 0.5) is 0 Å². The topological polar surface area (TPSA) is 43.7 Å². The zero-order valence-corrected chi connectivity index (χ0v) is 10.6. The third-order valence-corrected chi connectivity index (χ3v) is 2.89. The predicted molar refractivity (Wildman–Crippen MR) is 70.1 cm³/mol. The van der Waals surface area contributed by atoms with E-state index in [0.717, 1.165) is 25.9 Å². The predicted octanol–water partition coefficient (Wildman–Crippen LogP) is 1.21. The van der Waals surface area contributed by atoms with E-state index in [4.69, 9.17) is 10.2 Å². The Hall–Kier alpha value is -0.900. The van der Waals surface area contributed by atoms with E-state index in [2.05, 4.69) is 36.1 Å². The van der Waals surface area contributed by atoms with Crippen LogP contribution in [0.3, 0.4) is 0 Å². The molecule has 0 unspecified atom stereocenters. The Balaban J connectivity index is 2.37. The van der Waals surface area contributed by atoms with Crippen LogP contribution in [0.2, 0.25) is 0 Å². The van der Waals surface area contributed by atoms with Crippen molar-refractivity contribution >= 4 is 0 Å². The van der Waals surface area contributed by atoms with Crippen molar-refractivity contribution in [2.45, 2.75) is 19.8 Å². The molecule has 1 aromatic carbocycles. The van der Waals surface area contributed by atoms with Gasteiger partial charge in [-0.25, -0.2) is 0 Å². The minimum Gasteiger partial charge on any atom is -0.396 e. The van der Waals surface area contributed by atoms with E-state index >= 15 is 0 Å². The fourth-order valence-corrected chi connectivity index (χ4v) is 1.81. The number of aliphatic hydroxyl groups excluding tert-OH is 2. The monoisotopic (exact) mass is 237 g/mol. The van der Waals surface area contributed by atoms with Crippen molar-refractivity contribution in [2.75, 3.05) is 32.8 Å². The minimum atomic E-state index is 0.180. The summed E-state index contributed by atoms with van der Waals surface area (Å²) >= 11 is 0. The summed E-state index contributed by atoms with van der Waals surface area (Å²) in [5.74, 6) is 0. The van der Waals surface area contributed by atoms with Gasteiger partial charge in [0, 0.05) is 26.2 Å². The summed E-state index contributed by atoms with van der Waals surface area (Å²) in [6.45, 7) is 4.95.